The van der Waals surface area contributed by atoms with Gasteiger partial charge < -0.3 is 4.90 Å². The minimum absolute atomic E-state index is 0.672. The predicted molar refractivity (Wildman–Crippen MR) is 227 cm³/mol. The minimum Gasteiger partial charge on any atom is -0.314 e. The van der Waals surface area contributed by atoms with Crippen molar-refractivity contribution in [2.75, 3.05) is 4.90 Å². The molecule has 0 radical (unpaired) electrons. The van der Waals surface area contributed by atoms with E-state index in [2.05, 4.69) is 182 Å². The number of rotatable bonds is 6. The van der Waals surface area contributed by atoms with Crippen LogP contribution >= 0.6 is 0 Å². The zero-order valence-electron chi connectivity index (χ0n) is 30.1. The molecular formula is C52H36N2. The molecule has 54 heavy (non-hydrogen) atoms. The van der Waals surface area contributed by atoms with Crippen LogP contribution in [0.15, 0.2) is 182 Å². The lowest BCUT2D eigenvalue weighted by atomic mass is 9.82. The molecule has 0 heterocycles. The smallest absolute Gasteiger partial charge is 0.0992 e. The summed E-state index contributed by atoms with van der Waals surface area (Å²) in [6, 6.07) is 59.7. The molecule has 0 aromatic heterocycles. The summed E-state index contributed by atoms with van der Waals surface area (Å²) in [4.78, 5) is 2.31. The molecule has 0 atom stereocenters. The van der Waals surface area contributed by atoms with Crippen molar-refractivity contribution in [2.24, 2.45) is 0 Å². The summed E-state index contributed by atoms with van der Waals surface area (Å²) in [5.41, 5.74) is 17.7. The molecule has 2 aliphatic carbocycles. The first kappa shape index (κ1) is 31.8. The number of nitrogens with zero attached hydrogens (tertiary/aromatic N) is 2. The fourth-order valence-corrected chi connectivity index (χ4v) is 8.87. The van der Waals surface area contributed by atoms with Crippen molar-refractivity contribution < 1.29 is 0 Å². The number of aryl methyl sites for hydroxylation is 1. The van der Waals surface area contributed by atoms with Crippen molar-refractivity contribution >= 4 is 32.9 Å². The quantitative estimate of drug-likeness (QED) is 0.174. The topological polar surface area (TPSA) is 27.0 Å². The first-order chi connectivity index (χ1) is 26.7. The number of nitriles is 1. The molecule has 0 bridgehead atoms. The summed E-state index contributed by atoms with van der Waals surface area (Å²) in [6.07, 6.45) is 8.48. The lowest BCUT2D eigenvalue weighted by molar-refractivity contribution is 0.917. The normalized spacial score (nSPS) is 12.8. The van der Waals surface area contributed by atoms with Gasteiger partial charge in [0.05, 0.1) is 11.6 Å². The molecule has 8 aromatic rings. The number of allylic oxidation sites excluding steroid dienone is 4. The van der Waals surface area contributed by atoms with Gasteiger partial charge in [0.25, 0.3) is 0 Å². The van der Waals surface area contributed by atoms with E-state index in [0.717, 1.165) is 29.8 Å². The van der Waals surface area contributed by atoms with Crippen molar-refractivity contribution in [1.82, 2.24) is 0 Å². The van der Waals surface area contributed by atoms with Gasteiger partial charge in [-0.2, -0.15) is 5.26 Å². The maximum Gasteiger partial charge on any atom is 0.0992 e. The van der Waals surface area contributed by atoms with Gasteiger partial charge in [-0.3, -0.25) is 0 Å². The van der Waals surface area contributed by atoms with Gasteiger partial charge >= 0.3 is 0 Å². The third-order valence-corrected chi connectivity index (χ3v) is 11.1. The summed E-state index contributed by atoms with van der Waals surface area (Å²) in [5, 5.41) is 14.9. The van der Waals surface area contributed by atoms with E-state index in [1.54, 1.807) is 0 Å². The maximum absolute atomic E-state index is 9.80. The molecule has 0 fully saturated rings. The van der Waals surface area contributed by atoms with Crippen LogP contribution in [0.4, 0.5) is 11.4 Å². The van der Waals surface area contributed by atoms with Crippen molar-refractivity contribution in [2.45, 2.75) is 19.8 Å². The molecule has 10 rings (SSSR count). The zero-order chi connectivity index (χ0) is 36.2. The second kappa shape index (κ2) is 12.9. The van der Waals surface area contributed by atoms with Gasteiger partial charge in [0.1, 0.15) is 0 Å². The first-order valence-corrected chi connectivity index (χ1v) is 18.7. The van der Waals surface area contributed by atoms with Crippen molar-refractivity contribution in [1.29, 1.82) is 5.26 Å². The Labute approximate surface area is 316 Å². The van der Waals surface area contributed by atoms with Gasteiger partial charge in [-0.1, -0.05) is 140 Å². The maximum atomic E-state index is 9.80. The van der Waals surface area contributed by atoms with Crippen LogP contribution in [0.5, 0.6) is 0 Å². The van der Waals surface area contributed by atoms with E-state index >= 15 is 0 Å². The fraction of sp³-hybridized carbons (Fsp3) is 0.0577. The second-order valence-electron chi connectivity index (χ2n) is 14.3. The van der Waals surface area contributed by atoms with E-state index in [0.29, 0.717) is 5.56 Å². The van der Waals surface area contributed by atoms with Crippen molar-refractivity contribution in [3.05, 3.63) is 193 Å². The second-order valence-corrected chi connectivity index (χ2v) is 14.3. The first-order valence-electron chi connectivity index (χ1n) is 18.7. The Morgan fingerprint density at radius 3 is 1.76 bits per heavy atom. The summed E-state index contributed by atoms with van der Waals surface area (Å²) in [7, 11) is 0. The summed E-state index contributed by atoms with van der Waals surface area (Å²) >= 11 is 0. The Morgan fingerprint density at radius 2 is 1.13 bits per heavy atom. The van der Waals surface area contributed by atoms with Crippen LogP contribution in [0.3, 0.4) is 0 Å². The lowest BCUT2D eigenvalue weighted by Crippen LogP contribution is -2.17. The molecule has 254 valence electrons. The van der Waals surface area contributed by atoms with Gasteiger partial charge in [0.15, 0.2) is 0 Å². The van der Waals surface area contributed by atoms with E-state index in [1.807, 2.05) is 12.1 Å². The zero-order valence-corrected chi connectivity index (χ0v) is 30.1. The van der Waals surface area contributed by atoms with Crippen LogP contribution in [0.2, 0.25) is 0 Å². The van der Waals surface area contributed by atoms with E-state index in [1.165, 1.54) is 82.9 Å². The van der Waals surface area contributed by atoms with Crippen LogP contribution in [0.1, 0.15) is 24.0 Å². The highest BCUT2D eigenvalue weighted by Crippen LogP contribution is 2.58. The number of benzene rings is 8. The molecule has 2 nitrogen and oxygen atoms in total. The molecule has 0 aliphatic heterocycles. The van der Waals surface area contributed by atoms with Crippen LogP contribution in [0.25, 0.3) is 77.2 Å². The third kappa shape index (κ3) is 5.09. The molecular weight excluding hydrogens is 653 g/mol. The molecule has 0 amide bonds. The Morgan fingerprint density at radius 1 is 0.519 bits per heavy atom. The van der Waals surface area contributed by atoms with Crippen LogP contribution in [0, 0.1) is 18.3 Å². The predicted octanol–water partition coefficient (Wildman–Crippen LogP) is 14.2. The summed E-state index contributed by atoms with van der Waals surface area (Å²) < 4.78 is 0. The average molecular weight is 689 g/mol. The molecule has 0 saturated carbocycles. The number of anilines is 2. The SMILES string of the molecule is Cc1cc(C#N)cc(N(C2=CC=CCC2)c2ccc(-c3ccc4c5c(cccc35)-c3c-4c(-c4ccccc4)c4ccccc4c3-c3ccccc3)cc2)c1. The molecule has 2 heteroatoms. The van der Waals surface area contributed by atoms with Crippen LogP contribution in [-0.4, -0.2) is 0 Å². The van der Waals surface area contributed by atoms with Gasteiger partial charge in [-0.05, 0) is 139 Å². The summed E-state index contributed by atoms with van der Waals surface area (Å²) in [6.45, 7) is 2.06. The Bertz CT molecular complexity index is 2780. The molecule has 0 unspecified atom stereocenters. The van der Waals surface area contributed by atoms with E-state index < -0.39 is 0 Å². The van der Waals surface area contributed by atoms with Crippen molar-refractivity contribution in [3.63, 3.8) is 0 Å². The number of hydrogen-bond donors (Lipinski definition) is 0. The number of fused-ring (bicyclic) bond motifs is 4. The standard InChI is InChI=1S/C52H36N2/c1-34-30-35(33-53)32-41(31-34)54(39-18-9-4-10-19-39)40-26-24-36(25-27-40)42-28-29-47-50-43(42)22-13-23-46(50)51-48(37-14-5-2-6-15-37)44-20-11-12-21-45(44)49(52(47)51)38-16-7-3-8-17-38/h2-9,11-18,20-32H,10,19H2,1H3. The van der Waals surface area contributed by atoms with Gasteiger partial charge in [0.2, 0.25) is 0 Å². The molecule has 0 spiro atoms. The van der Waals surface area contributed by atoms with Gasteiger partial charge in [-0.15, -0.1) is 0 Å². The third-order valence-electron chi connectivity index (χ3n) is 11.1. The Balaban J connectivity index is 1.17. The highest BCUT2D eigenvalue weighted by Gasteiger charge is 2.31. The van der Waals surface area contributed by atoms with E-state index in [9.17, 15) is 5.26 Å². The van der Waals surface area contributed by atoms with Gasteiger partial charge in [-0.25, -0.2) is 0 Å². The van der Waals surface area contributed by atoms with Gasteiger partial charge in [0, 0.05) is 17.1 Å². The molecule has 2 aliphatic rings. The molecule has 0 N–H and O–H groups in total. The fourth-order valence-electron chi connectivity index (χ4n) is 8.87. The average Bonchev–Trinajstić information content (AvgIpc) is 3.56. The van der Waals surface area contributed by atoms with E-state index in [-0.39, 0.29) is 0 Å². The number of hydrogen-bond acceptors (Lipinski definition) is 2. The lowest BCUT2D eigenvalue weighted by Gasteiger charge is -2.29. The van der Waals surface area contributed by atoms with Crippen LogP contribution in [-0.2, 0) is 0 Å². The largest absolute Gasteiger partial charge is 0.314 e. The minimum atomic E-state index is 0.672. The van der Waals surface area contributed by atoms with E-state index in [4.69, 9.17) is 0 Å². The highest BCUT2D eigenvalue weighted by atomic mass is 15.1. The molecule has 8 aromatic carbocycles. The highest BCUT2D eigenvalue weighted by molar-refractivity contribution is 6.28. The Kier molecular flexibility index (Phi) is 7.60. The molecule has 0 saturated heterocycles. The monoisotopic (exact) mass is 688 g/mol. The summed E-state index contributed by atoms with van der Waals surface area (Å²) in [5.74, 6) is 0. The Hall–Kier alpha value is -6.95. The van der Waals surface area contributed by atoms with Crippen LogP contribution < -0.4 is 4.90 Å². The van der Waals surface area contributed by atoms with Crippen molar-refractivity contribution in [3.8, 4) is 61.7 Å².